The van der Waals surface area contributed by atoms with Gasteiger partial charge in [-0.3, -0.25) is 14.5 Å². The zero-order chi connectivity index (χ0) is 13.6. The molecule has 19 heavy (non-hydrogen) atoms. The van der Waals surface area contributed by atoms with Crippen LogP contribution in [-0.2, 0) is 16.0 Å². The second kappa shape index (κ2) is 4.08. The van der Waals surface area contributed by atoms with Gasteiger partial charge in [0.25, 0.3) is 0 Å². The fourth-order valence-corrected chi connectivity index (χ4v) is 2.95. The SMILES string of the molecule is CC1(C)CC(=O)N(C2CNc3ccccc3C2)C1=O. The van der Waals surface area contributed by atoms with Gasteiger partial charge in [-0.15, -0.1) is 0 Å². The van der Waals surface area contributed by atoms with E-state index in [1.807, 2.05) is 38.1 Å². The molecule has 0 saturated carbocycles. The van der Waals surface area contributed by atoms with Crippen LogP contribution in [0.15, 0.2) is 24.3 Å². The van der Waals surface area contributed by atoms with Crippen LogP contribution >= 0.6 is 0 Å². The van der Waals surface area contributed by atoms with Gasteiger partial charge >= 0.3 is 0 Å². The van der Waals surface area contributed by atoms with Crippen molar-refractivity contribution in [2.45, 2.75) is 32.7 Å². The lowest BCUT2D eigenvalue weighted by Gasteiger charge is -2.32. The number of hydrogen-bond donors (Lipinski definition) is 1. The van der Waals surface area contributed by atoms with Crippen molar-refractivity contribution in [2.75, 3.05) is 11.9 Å². The predicted octanol–water partition coefficient (Wildman–Crippen LogP) is 1.81. The number of likely N-dealkylation sites (tertiary alicyclic amines) is 1. The Morgan fingerprint density at radius 3 is 2.68 bits per heavy atom. The second-order valence-corrected chi connectivity index (χ2v) is 6.03. The van der Waals surface area contributed by atoms with Crippen LogP contribution in [0.2, 0.25) is 0 Å². The summed E-state index contributed by atoms with van der Waals surface area (Å²) in [4.78, 5) is 25.9. The van der Waals surface area contributed by atoms with Crippen LogP contribution in [0.25, 0.3) is 0 Å². The summed E-state index contributed by atoms with van der Waals surface area (Å²) in [6.07, 6.45) is 1.07. The number of fused-ring (bicyclic) bond motifs is 1. The van der Waals surface area contributed by atoms with Crippen LogP contribution in [0.5, 0.6) is 0 Å². The Morgan fingerprint density at radius 1 is 1.26 bits per heavy atom. The van der Waals surface area contributed by atoms with Gasteiger partial charge < -0.3 is 5.32 Å². The van der Waals surface area contributed by atoms with Gasteiger partial charge in [0.05, 0.1) is 11.5 Å². The maximum atomic E-state index is 12.3. The number of anilines is 1. The third-order valence-electron chi connectivity index (χ3n) is 4.03. The van der Waals surface area contributed by atoms with Crippen molar-refractivity contribution >= 4 is 17.5 Å². The van der Waals surface area contributed by atoms with E-state index in [0.29, 0.717) is 13.0 Å². The Kier molecular flexibility index (Phi) is 2.62. The molecule has 2 amide bonds. The number of carbonyl (C=O) groups is 2. The molecule has 4 heteroatoms. The fraction of sp³-hybridized carbons (Fsp3) is 0.467. The summed E-state index contributed by atoms with van der Waals surface area (Å²) in [6.45, 7) is 4.33. The molecule has 1 unspecified atom stereocenters. The van der Waals surface area contributed by atoms with E-state index in [4.69, 9.17) is 0 Å². The molecule has 0 bridgehead atoms. The molecule has 1 fully saturated rings. The third-order valence-corrected chi connectivity index (χ3v) is 4.03. The predicted molar refractivity (Wildman–Crippen MR) is 72.7 cm³/mol. The molecule has 4 nitrogen and oxygen atoms in total. The topological polar surface area (TPSA) is 49.4 Å². The first kappa shape index (κ1) is 12.2. The van der Waals surface area contributed by atoms with Crippen LogP contribution in [-0.4, -0.2) is 29.3 Å². The maximum absolute atomic E-state index is 12.3. The number of benzene rings is 1. The van der Waals surface area contributed by atoms with E-state index in [0.717, 1.165) is 12.1 Å². The first-order valence-corrected chi connectivity index (χ1v) is 6.67. The summed E-state index contributed by atoms with van der Waals surface area (Å²) >= 11 is 0. The van der Waals surface area contributed by atoms with Crippen LogP contribution in [0, 0.1) is 5.41 Å². The van der Waals surface area contributed by atoms with E-state index < -0.39 is 5.41 Å². The molecule has 1 saturated heterocycles. The van der Waals surface area contributed by atoms with Gasteiger partial charge in [0.1, 0.15) is 0 Å². The molecule has 1 aromatic carbocycles. The Morgan fingerprint density at radius 2 is 2.00 bits per heavy atom. The van der Waals surface area contributed by atoms with E-state index in [-0.39, 0.29) is 17.9 Å². The third kappa shape index (κ3) is 1.91. The maximum Gasteiger partial charge on any atom is 0.235 e. The average Bonchev–Trinajstić information content (AvgIpc) is 2.58. The summed E-state index contributed by atoms with van der Waals surface area (Å²) in [6, 6.07) is 7.99. The van der Waals surface area contributed by atoms with Gasteiger partial charge in [0.2, 0.25) is 11.8 Å². The molecule has 0 spiro atoms. The molecule has 2 heterocycles. The molecule has 1 N–H and O–H groups in total. The largest absolute Gasteiger partial charge is 0.383 e. The van der Waals surface area contributed by atoms with Crippen LogP contribution < -0.4 is 5.32 Å². The highest BCUT2D eigenvalue weighted by Crippen LogP contribution is 2.35. The standard InChI is InChI=1S/C15H18N2O2/c1-15(2)8-13(18)17(14(15)19)11-7-10-5-3-4-6-12(10)16-9-11/h3-6,11,16H,7-9H2,1-2H3. The minimum absolute atomic E-state index is 0.0383. The van der Waals surface area contributed by atoms with Gasteiger partial charge in [-0.05, 0) is 18.1 Å². The minimum atomic E-state index is -0.548. The number of hydrogen-bond acceptors (Lipinski definition) is 3. The van der Waals surface area contributed by atoms with Crippen LogP contribution in [0.4, 0.5) is 5.69 Å². The summed E-state index contributed by atoms with van der Waals surface area (Å²) in [7, 11) is 0. The molecule has 0 aromatic heterocycles. The van der Waals surface area contributed by atoms with Gasteiger partial charge in [0, 0.05) is 18.7 Å². The van der Waals surface area contributed by atoms with Crippen molar-refractivity contribution in [3.8, 4) is 0 Å². The monoisotopic (exact) mass is 258 g/mol. The number of rotatable bonds is 1. The van der Waals surface area contributed by atoms with E-state index in [1.54, 1.807) is 0 Å². The average molecular weight is 258 g/mol. The van der Waals surface area contributed by atoms with Crippen molar-refractivity contribution in [3.63, 3.8) is 0 Å². The second-order valence-electron chi connectivity index (χ2n) is 6.03. The molecule has 100 valence electrons. The lowest BCUT2D eigenvalue weighted by Crippen LogP contribution is -2.48. The Balaban J connectivity index is 1.86. The summed E-state index contributed by atoms with van der Waals surface area (Å²) < 4.78 is 0. The van der Waals surface area contributed by atoms with E-state index in [2.05, 4.69) is 5.32 Å². The lowest BCUT2D eigenvalue weighted by molar-refractivity contribution is -0.143. The quantitative estimate of drug-likeness (QED) is 0.782. The molecule has 1 aromatic rings. The van der Waals surface area contributed by atoms with Crippen LogP contribution in [0.3, 0.4) is 0 Å². The number of imide groups is 1. The summed E-state index contributed by atoms with van der Waals surface area (Å²) in [5.41, 5.74) is 1.73. The van der Waals surface area contributed by atoms with E-state index >= 15 is 0 Å². The minimum Gasteiger partial charge on any atom is -0.383 e. The van der Waals surface area contributed by atoms with Crippen molar-refractivity contribution < 1.29 is 9.59 Å². The first-order valence-electron chi connectivity index (χ1n) is 6.67. The highest BCUT2D eigenvalue weighted by molar-refractivity contribution is 6.05. The van der Waals surface area contributed by atoms with Gasteiger partial charge in [0.15, 0.2) is 0 Å². The van der Waals surface area contributed by atoms with Crippen molar-refractivity contribution in [1.82, 2.24) is 4.90 Å². The molecule has 0 aliphatic carbocycles. The zero-order valence-corrected chi connectivity index (χ0v) is 11.3. The first-order chi connectivity index (χ1) is 8.99. The van der Waals surface area contributed by atoms with E-state index in [1.165, 1.54) is 10.5 Å². The Bertz CT molecular complexity index is 551. The number of carbonyl (C=O) groups excluding carboxylic acids is 2. The number of nitrogens with one attached hydrogen (secondary N) is 1. The zero-order valence-electron chi connectivity index (χ0n) is 11.3. The van der Waals surface area contributed by atoms with E-state index in [9.17, 15) is 9.59 Å². The highest BCUT2D eigenvalue weighted by atomic mass is 16.2. The normalized spacial score (nSPS) is 25.2. The lowest BCUT2D eigenvalue weighted by atomic mass is 9.91. The Hall–Kier alpha value is -1.84. The molecular weight excluding hydrogens is 240 g/mol. The smallest absolute Gasteiger partial charge is 0.235 e. The molecule has 1 atom stereocenters. The van der Waals surface area contributed by atoms with Crippen molar-refractivity contribution in [2.24, 2.45) is 5.41 Å². The molecule has 3 rings (SSSR count). The molecule has 0 radical (unpaired) electrons. The summed E-state index contributed by atoms with van der Waals surface area (Å²) in [5.74, 6) is -0.0788. The van der Waals surface area contributed by atoms with Crippen LogP contribution in [0.1, 0.15) is 25.8 Å². The van der Waals surface area contributed by atoms with Gasteiger partial charge in [-0.2, -0.15) is 0 Å². The highest BCUT2D eigenvalue weighted by Gasteiger charge is 2.47. The molecular formula is C15H18N2O2. The fourth-order valence-electron chi connectivity index (χ4n) is 2.95. The van der Waals surface area contributed by atoms with Gasteiger partial charge in [-0.25, -0.2) is 0 Å². The number of amides is 2. The van der Waals surface area contributed by atoms with Crippen molar-refractivity contribution in [1.29, 1.82) is 0 Å². The summed E-state index contributed by atoms with van der Waals surface area (Å²) in [5, 5.41) is 3.31. The Labute approximate surface area is 112 Å². The number of para-hydroxylation sites is 1. The van der Waals surface area contributed by atoms with Crippen molar-refractivity contribution in [3.05, 3.63) is 29.8 Å². The molecule has 2 aliphatic heterocycles. The molecule has 2 aliphatic rings. The van der Waals surface area contributed by atoms with Gasteiger partial charge in [-0.1, -0.05) is 32.0 Å². The number of nitrogens with zero attached hydrogens (tertiary/aromatic N) is 1.